The lowest BCUT2D eigenvalue weighted by Crippen LogP contribution is -2.39. The van der Waals surface area contributed by atoms with Crippen molar-refractivity contribution in [3.63, 3.8) is 0 Å². The van der Waals surface area contributed by atoms with Crippen LogP contribution in [0.5, 0.6) is 5.75 Å². The molecule has 0 radical (unpaired) electrons. The number of allylic oxidation sites excluding steroid dienone is 1. The van der Waals surface area contributed by atoms with E-state index in [-0.39, 0.29) is 18.8 Å². The Kier molecular flexibility index (Phi) is 9.23. The lowest BCUT2D eigenvalue weighted by atomic mass is 10.0. The number of ether oxygens (including phenoxy) is 2. The maximum atomic E-state index is 13.9. The summed E-state index contributed by atoms with van der Waals surface area (Å²) in [7, 11) is 0. The van der Waals surface area contributed by atoms with Gasteiger partial charge in [0, 0.05) is 30.5 Å². The van der Waals surface area contributed by atoms with E-state index in [9.17, 15) is 9.59 Å². The number of aromatic nitrogens is 1. The second-order valence-corrected chi connectivity index (χ2v) is 13.6. The number of esters is 1. The van der Waals surface area contributed by atoms with Crippen molar-refractivity contribution in [2.45, 2.75) is 26.5 Å². The van der Waals surface area contributed by atoms with Gasteiger partial charge in [0.1, 0.15) is 18.4 Å². The van der Waals surface area contributed by atoms with E-state index in [1.54, 1.807) is 36.6 Å². The average molecular weight is 790 g/mol. The monoisotopic (exact) mass is 788 g/mol. The van der Waals surface area contributed by atoms with Crippen molar-refractivity contribution in [2.24, 2.45) is 4.99 Å². The number of thiazole rings is 1. The number of halogens is 4. The molecule has 5 rings (SSSR count). The van der Waals surface area contributed by atoms with E-state index in [2.05, 4.69) is 43.5 Å². The third-order valence-corrected chi connectivity index (χ3v) is 9.79. The second-order valence-electron chi connectivity index (χ2n) is 8.65. The normalized spacial score (nSPS) is 15.2. The summed E-state index contributed by atoms with van der Waals surface area (Å²) < 4.78 is 15.3. The van der Waals surface area contributed by atoms with Gasteiger partial charge >= 0.3 is 5.97 Å². The highest BCUT2D eigenvalue weighted by Gasteiger charge is 2.34. The number of nitrogens with zero attached hydrogens (tertiary/aromatic N) is 2. The Labute approximate surface area is 269 Å². The van der Waals surface area contributed by atoms with Gasteiger partial charge in [-0.1, -0.05) is 62.6 Å². The molecule has 12 heteroatoms. The van der Waals surface area contributed by atoms with Gasteiger partial charge in [0.2, 0.25) is 0 Å². The Morgan fingerprint density at radius 1 is 1.25 bits per heavy atom. The number of hydrogen-bond donors (Lipinski definition) is 0. The van der Waals surface area contributed by atoms with Crippen LogP contribution >= 0.6 is 84.4 Å². The lowest BCUT2D eigenvalue weighted by Gasteiger charge is -2.23. The molecular weight excluding hydrogens is 770 g/mol. The van der Waals surface area contributed by atoms with Gasteiger partial charge in [0.15, 0.2) is 4.80 Å². The fourth-order valence-electron chi connectivity index (χ4n) is 4.28. The van der Waals surface area contributed by atoms with Gasteiger partial charge in [-0.05, 0) is 78.2 Å². The molecule has 3 heterocycles. The zero-order chi connectivity index (χ0) is 28.6. The average Bonchev–Trinajstić information content (AvgIpc) is 3.52. The summed E-state index contributed by atoms with van der Waals surface area (Å²) in [5.74, 6) is 0.133. The van der Waals surface area contributed by atoms with Crippen LogP contribution in [0.2, 0.25) is 10.0 Å². The van der Waals surface area contributed by atoms with Gasteiger partial charge in [0.05, 0.1) is 26.0 Å². The zero-order valence-corrected chi connectivity index (χ0v) is 27.9. The molecule has 0 spiro atoms. The van der Waals surface area contributed by atoms with E-state index in [0.29, 0.717) is 42.0 Å². The number of fused-ring (bicyclic) bond motifs is 1. The summed E-state index contributed by atoms with van der Waals surface area (Å²) in [4.78, 5) is 32.9. The van der Waals surface area contributed by atoms with Gasteiger partial charge < -0.3 is 9.47 Å². The summed E-state index contributed by atoms with van der Waals surface area (Å²) >= 11 is 20.9. The third-order valence-electron chi connectivity index (χ3n) is 6.04. The van der Waals surface area contributed by atoms with Crippen molar-refractivity contribution in [2.75, 3.05) is 6.61 Å². The first-order valence-corrected chi connectivity index (χ1v) is 16.3. The highest BCUT2D eigenvalue weighted by molar-refractivity contribution is 14.1. The quantitative estimate of drug-likeness (QED) is 0.148. The van der Waals surface area contributed by atoms with Crippen LogP contribution in [0.4, 0.5) is 0 Å². The number of carbonyl (C=O) groups excluding carboxylic acids is 1. The minimum atomic E-state index is -0.622. The third kappa shape index (κ3) is 5.98. The van der Waals surface area contributed by atoms with Gasteiger partial charge in [-0.2, -0.15) is 0 Å². The van der Waals surface area contributed by atoms with Gasteiger partial charge in [-0.15, -0.1) is 11.3 Å². The molecule has 1 aliphatic heterocycles. The maximum Gasteiger partial charge on any atom is 0.338 e. The van der Waals surface area contributed by atoms with E-state index < -0.39 is 12.0 Å². The van der Waals surface area contributed by atoms with Crippen LogP contribution in [-0.4, -0.2) is 17.1 Å². The Balaban J connectivity index is 1.62. The van der Waals surface area contributed by atoms with Crippen molar-refractivity contribution in [3.8, 4) is 5.75 Å². The summed E-state index contributed by atoms with van der Waals surface area (Å²) in [6.07, 6.45) is 1.80. The minimum absolute atomic E-state index is 0.218. The van der Waals surface area contributed by atoms with E-state index in [1.165, 1.54) is 22.7 Å². The molecule has 1 atom stereocenters. The SMILES string of the molecule is CCOC(=O)C1=C(C)N=c2s/c(=C\c3cc(Br)cc(I)c3OCc3ccc(Cl)cc3Cl)c(=O)n2[C@H]1c1cccs1. The van der Waals surface area contributed by atoms with E-state index in [4.69, 9.17) is 32.7 Å². The van der Waals surface area contributed by atoms with Crippen LogP contribution < -0.4 is 19.6 Å². The predicted octanol–water partition coefficient (Wildman–Crippen LogP) is 7.11. The standard InChI is InChI=1S/C28H20BrCl2IN2O4S2/c1-3-37-27(36)23-14(2)33-28-34(24(23)21-5-4-8-39-21)26(35)22(40-28)10-16-9-17(29)11-20(32)25(16)38-13-15-6-7-18(30)12-19(15)31/h4-12,24H,3,13H2,1-2H3/b22-10-/t24-/m0/s1. The minimum Gasteiger partial charge on any atom is -0.487 e. The van der Waals surface area contributed by atoms with Crippen molar-refractivity contribution in [1.82, 2.24) is 4.57 Å². The van der Waals surface area contributed by atoms with Crippen molar-refractivity contribution in [1.29, 1.82) is 0 Å². The predicted molar refractivity (Wildman–Crippen MR) is 172 cm³/mol. The lowest BCUT2D eigenvalue weighted by molar-refractivity contribution is -0.139. The molecule has 2 aromatic heterocycles. The maximum absolute atomic E-state index is 13.9. The first kappa shape index (κ1) is 29.5. The summed E-state index contributed by atoms with van der Waals surface area (Å²) in [6.45, 7) is 3.97. The first-order chi connectivity index (χ1) is 19.2. The molecule has 0 saturated carbocycles. The summed E-state index contributed by atoms with van der Waals surface area (Å²) in [6, 6.07) is 12.3. The molecule has 0 aliphatic carbocycles. The smallest absolute Gasteiger partial charge is 0.338 e. The van der Waals surface area contributed by atoms with E-state index in [0.717, 1.165) is 18.5 Å². The van der Waals surface area contributed by atoms with Crippen LogP contribution in [0.3, 0.4) is 0 Å². The largest absolute Gasteiger partial charge is 0.487 e. The molecule has 0 unspecified atom stereocenters. The number of carbonyl (C=O) groups is 1. The topological polar surface area (TPSA) is 69.9 Å². The van der Waals surface area contributed by atoms with Crippen LogP contribution in [0.25, 0.3) is 6.08 Å². The van der Waals surface area contributed by atoms with Gasteiger partial charge in [-0.25, -0.2) is 9.79 Å². The molecule has 6 nitrogen and oxygen atoms in total. The molecule has 2 aromatic carbocycles. The number of thiophene rings is 1. The number of benzene rings is 2. The van der Waals surface area contributed by atoms with Crippen molar-refractivity contribution < 1.29 is 14.3 Å². The molecule has 0 bridgehead atoms. The highest BCUT2D eigenvalue weighted by Crippen LogP contribution is 2.34. The van der Waals surface area contributed by atoms with Crippen molar-refractivity contribution in [3.05, 3.63) is 113 Å². The Morgan fingerprint density at radius 3 is 2.75 bits per heavy atom. The van der Waals surface area contributed by atoms with Gasteiger partial charge in [0.25, 0.3) is 5.56 Å². The second kappa shape index (κ2) is 12.5. The molecule has 0 amide bonds. The van der Waals surface area contributed by atoms with Gasteiger partial charge in [-0.3, -0.25) is 9.36 Å². The first-order valence-electron chi connectivity index (χ1n) is 12.0. The van der Waals surface area contributed by atoms with Crippen LogP contribution in [0.15, 0.2) is 73.4 Å². The molecule has 0 fully saturated rings. The Bertz CT molecular complexity index is 1830. The van der Waals surface area contributed by atoms with Crippen molar-refractivity contribution >= 4 is 96.4 Å². The van der Waals surface area contributed by atoms with Crippen LogP contribution in [-0.2, 0) is 16.1 Å². The zero-order valence-electron chi connectivity index (χ0n) is 21.0. The Morgan fingerprint density at radius 2 is 2.05 bits per heavy atom. The van der Waals surface area contributed by atoms with E-state index in [1.807, 2.05) is 35.7 Å². The summed E-state index contributed by atoms with van der Waals surface area (Å²) in [5, 5.41) is 2.98. The number of hydrogen-bond acceptors (Lipinski definition) is 7. The molecule has 206 valence electrons. The van der Waals surface area contributed by atoms with Crippen LogP contribution in [0.1, 0.15) is 35.9 Å². The highest BCUT2D eigenvalue weighted by atomic mass is 127. The molecule has 40 heavy (non-hydrogen) atoms. The molecular formula is C28H20BrCl2IN2O4S2. The molecule has 0 N–H and O–H groups in total. The molecule has 4 aromatic rings. The molecule has 1 aliphatic rings. The van der Waals surface area contributed by atoms with Crippen LogP contribution in [0, 0.1) is 3.57 Å². The fraction of sp³-hybridized carbons (Fsp3) is 0.179. The molecule has 0 saturated heterocycles. The van der Waals surface area contributed by atoms with E-state index >= 15 is 0 Å². The number of rotatable bonds is 7. The Hall–Kier alpha value is -1.96. The summed E-state index contributed by atoms with van der Waals surface area (Å²) in [5.41, 5.74) is 2.14. The fourth-order valence-corrected chi connectivity index (χ4v) is 8.31.